The minimum atomic E-state index is -0.517. The SMILES string of the molecule is CCCn1c(SC(C)C(=O)NC(=O)NCc2ccccc2)nnc1-c1cccc(C)c1. The summed E-state index contributed by atoms with van der Waals surface area (Å²) in [6, 6.07) is 17.1. The molecule has 0 aliphatic carbocycles. The van der Waals surface area contributed by atoms with Crippen LogP contribution in [0.3, 0.4) is 0 Å². The summed E-state index contributed by atoms with van der Waals surface area (Å²) in [4.78, 5) is 24.6. The maximum atomic E-state index is 12.5. The number of thioether (sulfide) groups is 1. The number of urea groups is 1. The average molecular weight is 438 g/mol. The molecule has 3 amide bonds. The highest BCUT2D eigenvalue weighted by Crippen LogP contribution is 2.27. The van der Waals surface area contributed by atoms with E-state index in [9.17, 15) is 9.59 Å². The molecule has 0 spiro atoms. The number of carbonyl (C=O) groups is 2. The molecule has 0 fully saturated rings. The van der Waals surface area contributed by atoms with Gasteiger partial charge < -0.3 is 9.88 Å². The molecular formula is C23H27N5O2S. The summed E-state index contributed by atoms with van der Waals surface area (Å²) in [6.07, 6.45) is 0.910. The monoisotopic (exact) mass is 437 g/mol. The van der Waals surface area contributed by atoms with E-state index in [0.717, 1.165) is 35.5 Å². The Balaban J connectivity index is 1.63. The predicted octanol–water partition coefficient (Wildman–Crippen LogP) is 4.17. The van der Waals surface area contributed by atoms with Gasteiger partial charge in [0.25, 0.3) is 0 Å². The zero-order valence-corrected chi connectivity index (χ0v) is 18.8. The first-order valence-electron chi connectivity index (χ1n) is 10.3. The molecule has 0 aliphatic heterocycles. The van der Waals surface area contributed by atoms with Gasteiger partial charge >= 0.3 is 6.03 Å². The van der Waals surface area contributed by atoms with Crippen molar-refractivity contribution in [3.63, 3.8) is 0 Å². The standard InChI is InChI=1S/C23H27N5O2S/c1-4-13-28-20(19-12-8-9-16(2)14-19)26-27-23(28)31-17(3)21(29)25-22(30)24-15-18-10-6-5-7-11-18/h5-12,14,17H,4,13,15H2,1-3H3,(H2,24,25,29,30). The van der Waals surface area contributed by atoms with Crippen LogP contribution in [-0.4, -0.2) is 32.0 Å². The highest BCUT2D eigenvalue weighted by atomic mass is 32.2. The number of imide groups is 1. The molecule has 1 aromatic heterocycles. The Kier molecular flexibility index (Phi) is 7.83. The molecule has 8 heteroatoms. The van der Waals surface area contributed by atoms with E-state index in [-0.39, 0.29) is 5.91 Å². The fourth-order valence-electron chi connectivity index (χ4n) is 3.05. The van der Waals surface area contributed by atoms with Crippen molar-refractivity contribution in [3.8, 4) is 11.4 Å². The van der Waals surface area contributed by atoms with Crippen molar-refractivity contribution >= 4 is 23.7 Å². The Morgan fingerprint density at radius 1 is 1.10 bits per heavy atom. The maximum absolute atomic E-state index is 12.5. The highest BCUT2D eigenvalue weighted by Gasteiger charge is 2.22. The molecule has 1 heterocycles. The number of rotatable bonds is 8. The molecule has 2 N–H and O–H groups in total. The zero-order chi connectivity index (χ0) is 22.2. The Morgan fingerprint density at radius 3 is 2.58 bits per heavy atom. The molecule has 3 rings (SSSR count). The van der Waals surface area contributed by atoms with Gasteiger partial charge in [-0.3, -0.25) is 10.1 Å². The van der Waals surface area contributed by atoms with Gasteiger partial charge in [0.1, 0.15) is 0 Å². The average Bonchev–Trinajstić information content (AvgIpc) is 3.15. The fourth-order valence-corrected chi connectivity index (χ4v) is 3.92. The van der Waals surface area contributed by atoms with Gasteiger partial charge in [0.15, 0.2) is 11.0 Å². The van der Waals surface area contributed by atoms with Crippen LogP contribution in [0, 0.1) is 6.92 Å². The van der Waals surface area contributed by atoms with Crippen molar-refractivity contribution in [3.05, 3.63) is 65.7 Å². The van der Waals surface area contributed by atoms with Crippen LogP contribution < -0.4 is 10.6 Å². The van der Waals surface area contributed by atoms with Crippen LogP contribution in [0.15, 0.2) is 59.8 Å². The third kappa shape index (κ3) is 6.18. The molecule has 0 aliphatic rings. The Bertz CT molecular complexity index is 1040. The van der Waals surface area contributed by atoms with Gasteiger partial charge in [-0.1, -0.05) is 72.8 Å². The van der Waals surface area contributed by atoms with Gasteiger partial charge in [0.2, 0.25) is 5.91 Å². The molecule has 1 unspecified atom stereocenters. The van der Waals surface area contributed by atoms with Crippen molar-refractivity contribution in [2.24, 2.45) is 0 Å². The first-order valence-corrected chi connectivity index (χ1v) is 11.2. The van der Waals surface area contributed by atoms with E-state index in [0.29, 0.717) is 11.7 Å². The lowest BCUT2D eigenvalue weighted by Crippen LogP contribution is -2.42. The molecule has 7 nitrogen and oxygen atoms in total. The van der Waals surface area contributed by atoms with Crippen molar-refractivity contribution in [1.29, 1.82) is 0 Å². The Morgan fingerprint density at radius 2 is 1.87 bits per heavy atom. The second-order valence-corrected chi connectivity index (χ2v) is 8.55. The largest absolute Gasteiger partial charge is 0.334 e. The van der Waals surface area contributed by atoms with E-state index in [2.05, 4.69) is 33.8 Å². The summed E-state index contributed by atoms with van der Waals surface area (Å²) in [7, 11) is 0. The summed E-state index contributed by atoms with van der Waals surface area (Å²) >= 11 is 1.29. The number of amides is 3. The van der Waals surface area contributed by atoms with Gasteiger partial charge in [0.05, 0.1) is 5.25 Å². The van der Waals surface area contributed by atoms with E-state index in [1.54, 1.807) is 6.92 Å². The lowest BCUT2D eigenvalue weighted by Gasteiger charge is -2.13. The molecule has 1 atom stereocenters. The zero-order valence-electron chi connectivity index (χ0n) is 18.0. The van der Waals surface area contributed by atoms with E-state index >= 15 is 0 Å². The molecule has 31 heavy (non-hydrogen) atoms. The van der Waals surface area contributed by atoms with E-state index in [1.165, 1.54) is 11.8 Å². The first-order chi connectivity index (χ1) is 15.0. The molecule has 0 saturated heterocycles. The van der Waals surface area contributed by atoms with Crippen LogP contribution in [0.2, 0.25) is 0 Å². The lowest BCUT2D eigenvalue weighted by molar-refractivity contribution is -0.119. The molecule has 0 saturated carbocycles. The van der Waals surface area contributed by atoms with Gasteiger partial charge in [0, 0.05) is 18.7 Å². The molecule has 162 valence electrons. The minimum absolute atomic E-state index is 0.353. The van der Waals surface area contributed by atoms with Gasteiger partial charge in [-0.2, -0.15) is 0 Å². The van der Waals surface area contributed by atoms with E-state index in [1.807, 2.05) is 60.0 Å². The highest BCUT2D eigenvalue weighted by molar-refractivity contribution is 8.00. The van der Waals surface area contributed by atoms with Crippen molar-refractivity contribution in [2.45, 2.75) is 50.7 Å². The van der Waals surface area contributed by atoms with Crippen LogP contribution in [-0.2, 0) is 17.9 Å². The van der Waals surface area contributed by atoms with Crippen LogP contribution >= 0.6 is 11.8 Å². The molecule has 3 aromatic rings. The third-order valence-electron chi connectivity index (χ3n) is 4.62. The van der Waals surface area contributed by atoms with Crippen molar-refractivity contribution in [1.82, 2.24) is 25.4 Å². The number of nitrogens with one attached hydrogen (secondary N) is 2. The number of aromatic nitrogens is 3. The minimum Gasteiger partial charge on any atom is -0.334 e. The number of hydrogen-bond acceptors (Lipinski definition) is 5. The summed E-state index contributed by atoms with van der Waals surface area (Å²) < 4.78 is 2.03. The molecule has 2 aromatic carbocycles. The maximum Gasteiger partial charge on any atom is 0.321 e. The molecule has 0 radical (unpaired) electrons. The van der Waals surface area contributed by atoms with E-state index < -0.39 is 11.3 Å². The van der Waals surface area contributed by atoms with Crippen molar-refractivity contribution in [2.75, 3.05) is 0 Å². The third-order valence-corrected chi connectivity index (χ3v) is 5.70. The number of carbonyl (C=O) groups excluding carboxylic acids is 2. The Hall–Kier alpha value is -3.13. The molecular weight excluding hydrogens is 410 g/mol. The smallest absolute Gasteiger partial charge is 0.321 e. The summed E-state index contributed by atoms with van der Waals surface area (Å²) in [5.74, 6) is 0.403. The van der Waals surface area contributed by atoms with Crippen LogP contribution in [0.25, 0.3) is 11.4 Å². The number of aryl methyl sites for hydroxylation is 1. The Labute approximate surface area is 186 Å². The summed E-state index contributed by atoms with van der Waals surface area (Å²) in [6.45, 7) is 6.97. The van der Waals surface area contributed by atoms with Gasteiger partial charge in [-0.25, -0.2) is 4.79 Å². The van der Waals surface area contributed by atoms with Crippen LogP contribution in [0.4, 0.5) is 4.79 Å². The second-order valence-electron chi connectivity index (χ2n) is 7.24. The second kappa shape index (κ2) is 10.8. The van der Waals surface area contributed by atoms with Crippen LogP contribution in [0.5, 0.6) is 0 Å². The number of hydrogen-bond donors (Lipinski definition) is 2. The first kappa shape index (κ1) is 22.6. The van der Waals surface area contributed by atoms with Crippen molar-refractivity contribution < 1.29 is 9.59 Å². The van der Waals surface area contributed by atoms with Gasteiger partial charge in [-0.05, 0) is 31.9 Å². The predicted molar refractivity (Wildman–Crippen MR) is 123 cm³/mol. The normalized spacial score (nSPS) is 11.7. The lowest BCUT2D eigenvalue weighted by atomic mass is 10.1. The van der Waals surface area contributed by atoms with E-state index in [4.69, 9.17) is 0 Å². The fraction of sp³-hybridized carbons (Fsp3) is 0.304. The quantitative estimate of drug-likeness (QED) is 0.516. The topological polar surface area (TPSA) is 88.9 Å². The number of benzene rings is 2. The summed E-state index contributed by atoms with van der Waals surface area (Å²) in [5, 5.41) is 13.9. The van der Waals surface area contributed by atoms with Crippen LogP contribution in [0.1, 0.15) is 31.4 Å². The summed E-state index contributed by atoms with van der Waals surface area (Å²) in [5.41, 5.74) is 3.10. The molecule has 0 bridgehead atoms. The number of nitrogens with zero attached hydrogens (tertiary/aromatic N) is 3. The van der Waals surface area contributed by atoms with Gasteiger partial charge in [-0.15, -0.1) is 10.2 Å².